The Balaban J connectivity index is 1.96. The minimum Gasteiger partial charge on any atom is -0.493 e. The van der Waals surface area contributed by atoms with Crippen LogP contribution in [-0.2, 0) is 22.6 Å². The van der Waals surface area contributed by atoms with Gasteiger partial charge in [0.15, 0.2) is 0 Å². The van der Waals surface area contributed by atoms with E-state index in [9.17, 15) is 9.90 Å². The zero-order valence-electron chi connectivity index (χ0n) is 12.6. The molecule has 2 rings (SSSR count). The fourth-order valence-electron chi connectivity index (χ4n) is 2.81. The topological polar surface area (TPSA) is 55.8 Å². The molecule has 4 heteroatoms. The van der Waals surface area contributed by atoms with E-state index in [1.165, 1.54) is 39.2 Å². The van der Waals surface area contributed by atoms with Gasteiger partial charge in [0.05, 0.1) is 26.7 Å². The highest BCUT2D eigenvalue weighted by molar-refractivity contribution is 5.72. The van der Waals surface area contributed by atoms with Crippen LogP contribution in [0, 0.1) is 5.92 Å². The summed E-state index contributed by atoms with van der Waals surface area (Å²) in [6, 6.07) is 5.51. The number of hydrogen-bond donors (Lipinski definition) is 1. The molecule has 116 valence electrons. The van der Waals surface area contributed by atoms with E-state index in [1.54, 1.807) is 0 Å². The van der Waals surface area contributed by atoms with Crippen LogP contribution < -0.4 is 4.74 Å². The Morgan fingerprint density at radius 2 is 2.05 bits per heavy atom. The van der Waals surface area contributed by atoms with Crippen molar-refractivity contribution >= 4 is 5.97 Å². The van der Waals surface area contributed by atoms with Crippen molar-refractivity contribution < 1.29 is 19.4 Å². The molecule has 0 amide bonds. The van der Waals surface area contributed by atoms with Crippen molar-refractivity contribution in [3.05, 3.63) is 29.3 Å². The molecule has 1 aromatic rings. The fourth-order valence-corrected chi connectivity index (χ4v) is 2.81. The maximum Gasteiger partial charge on any atom is 0.309 e. The molecule has 0 saturated heterocycles. The number of rotatable bonds is 6. The van der Waals surface area contributed by atoms with Crippen LogP contribution in [0.3, 0.4) is 0 Å². The zero-order valence-corrected chi connectivity index (χ0v) is 12.6. The largest absolute Gasteiger partial charge is 0.493 e. The van der Waals surface area contributed by atoms with Crippen LogP contribution in [0.4, 0.5) is 0 Å². The van der Waals surface area contributed by atoms with Crippen molar-refractivity contribution in [2.24, 2.45) is 5.92 Å². The number of methoxy groups -OCH3 is 1. The van der Waals surface area contributed by atoms with E-state index in [-0.39, 0.29) is 19.0 Å². The van der Waals surface area contributed by atoms with Crippen LogP contribution in [0.15, 0.2) is 18.2 Å². The molecule has 4 nitrogen and oxygen atoms in total. The van der Waals surface area contributed by atoms with Crippen LogP contribution in [0.2, 0.25) is 0 Å². The molecule has 21 heavy (non-hydrogen) atoms. The van der Waals surface area contributed by atoms with Gasteiger partial charge in [-0.3, -0.25) is 4.79 Å². The van der Waals surface area contributed by atoms with Gasteiger partial charge in [-0.05, 0) is 36.5 Å². The van der Waals surface area contributed by atoms with Gasteiger partial charge >= 0.3 is 5.97 Å². The number of esters is 1. The predicted octanol–water partition coefficient (Wildman–Crippen LogP) is 2.85. The Labute approximate surface area is 126 Å². The molecular formula is C17H24O4. The first-order valence-electron chi connectivity index (χ1n) is 7.65. The number of benzene rings is 1. The van der Waals surface area contributed by atoms with Gasteiger partial charge in [0.2, 0.25) is 0 Å². The minimum atomic E-state index is -0.283. The van der Waals surface area contributed by atoms with Crippen LogP contribution in [-0.4, -0.2) is 24.8 Å². The zero-order chi connectivity index (χ0) is 15.1. The Morgan fingerprint density at radius 1 is 1.29 bits per heavy atom. The molecule has 0 aliphatic heterocycles. The van der Waals surface area contributed by atoms with E-state index in [1.807, 2.05) is 18.2 Å². The smallest absolute Gasteiger partial charge is 0.309 e. The molecule has 0 unspecified atom stereocenters. The second-order valence-electron chi connectivity index (χ2n) is 5.67. The first kappa shape index (κ1) is 15.8. The highest BCUT2D eigenvalue weighted by Crippen LogP contribution is 2.26. The van der Waals surface area contributed by atoms with Crippen LogP contribution in [0.25, 0.3) is 0 Å². The van der Waals surface area contributed by atoms with Gasteiger partial charge in [0, 0.05) is 5.56 Å². The highest BCUT2D eigenvalue weighted by atomic mass is 16.5. The predicted molar refractivity (Wildman–Crippen MR) is 80.2 cm³/mol. The van der Waals surface area contributed by atoms with Gasteiger partial charge in [0.1, 0.15) is 5.75 Å². The Bertz CT molecular complexity index is 464. The van der Waals surface area contributed by atoms with Crippen molar-refractivity contribution in [2.75, 3.05) is 13.7 Å². The molecule has 1 N–H and O–H groups in total. The standard InChI is InChI=1S/C17H24O4/c1-20-17(19)10-14-7-8-16(15(9-14)11-18)21-12-13-5-3-2-4-6-13/h7-9,13,18H,2-6,10-12H2,1H3. The normalized spacial score (nSPS) is 15.7. The van der Waals surface area contributed by atoms with E-state index in [0.717, 1.165) is 16.9 Å². The lowest BCUT2D eigenvalue weighted by Crippen LogP contribution is -2.16. The summed E-state index contributed by atoms with van der Waals surface area (Å²) in [6.45, 7) is 0.623. The molecule has 0 aromatic heterocycles. The number of aliphatic hydroxyl groups excluding tert-OH is 1. The van der Waals surface area contributed by atoms with Gasteiger partial charge in [-0.2, -0.15) is 0 Å². The molecule has 1 aromatic carbocycles. The summed E-state index contributed by atoms with van der Waals surface area (Å²) in [5, 5.41) is 9.47. The third-order valence-corrected chi connectivity index (χ3v) is 4.07. The Kier molecular flexibility index (Phi) is 6.05. The van der Waals surface area contributed by atoms with Crippen molar-refractivity contribution in [1.82, 2.24) is 0 Å². The third kappa shape index (κ3) is 4.74. The number of carbonyl (C=O) groups is 1. The molecule has 1 aliphatic rings. The van der Waals surface area contributed by atoms with E-state index >= 15 is 0 Å². The van der Waals surface area contributed by atoms with Gasteiger partial charge < -0.3 is 14.6 Å². The lowest BCUT2D eigenvalue weighted by Gasteiger charge is -2.22. The average molecular weight is 292 g/mol. The van der Waals surface area contributed by atoms with Gasteiger partial charge in [-0.15, -0.1) is 0 Å². The van der Waals surface area contributed by atoms with Crippen molar-refractivity contribution in [3.63, 3.8) is 0 Å². The van der Waals surface area contributed by atoms with Crippen LogP contribution in [0.1, 0.15) is 43.2 Å². The average Bonchev–Trinajstić information content (AvgIpc) is 2.54. The van der Waals surface area contributed by atoms with E-state index < -0.39 is 0 Å². The molecule has 1 fully saturated rings. The first-order valence-corrected chi connectivity index (χ1v) is 7.65. The lowest BCUT2D eigenvalue weighted by molar-refractivity contribution is -0.139. The second kappa shape index (κ2) is 8.03. The summed E-state index contributed by atoms with van der Waals surface area (Å²) in [6.07, 6.45) is 6.59. The fraction of sp³-hybridized carbons (Fsp3) is 0.588. The Hall–Kier alpha value is -1.55. The summed E-state index contributed by atoms with van der Waals surface area (Å²) in [4.78, 5) is 11.3. The molecule has 0 radical (unpaired) electrons. The maximum absolute atomic E-state index is 11.3. The molecular weight excluding hydrogens is 268 g/mol. The monoisotopic (exact) mass is 292 g/mol. The Morgan fingerprint density at radius 3 is 2.71 bits per heavy atom. The third-order valence-electron chi connectivity index (χ3n) is 4.07. The van der Waals surface area contributed by atoms with Gasteiger partial charge in [-0.25, -0.2) is 0 Å². The molecule has 0 spiro atoms. The summed E-state index contributed by atoms with van der Waals surface area (Å²) in [7, 11) is 1.37. The van der Waals surface area contributed by atoms with Gasteiger partial charge in [-0.1, -0.05) is 25.3 Å². The van der Waals surface area contributed by atoms with Crippen molar-refractivity contribution in [3.8, 4) is 5.75 Å². The molecule has 1 aliphatic carbocycles. The number of aliphatic hydroxyl groups is 1. The quantitative estimate of drug-likeness (QED) is 0.819. The second-order valence-corrected chi connectivity index (χ2v) is 5.67. The number of hydrogen-bond acceptors (Lipinski definition) is 4. The first-order chi connectivity index (χ1) is 10.2. The molecule has 0 atom stereocenters. The summed E-state index contributed by atoms with van der Waals surface area (Å²) in [5.74, 6) is 1.06. The van der Waals surface area contributed by atoms with Crippen LogP contribution >= 0.6 is 0 Å². The number of carbonyl (C=O) groups excluding carboxylic acids is 1. The minimum absolute atomic E-state index is 0.0883. The number of ether oxygens (including phenoxy) is 2. The molecule has 1 saturated carbocycles. The lowest BCUT2D eigenvalue weighted by atomic mass is 9.90. The summed E-state index contributed by atoms with van der Waals surface area (Å²) in [5.41, 5.74) is 1.56. The van der Waals surface area contributed by atoms with E-state index in [0.29, 0.717) is 12.5 Å². The summed E-state index contributed by atoms with van der Waals surface area (Å²) < 4.78 is 10.5. The summed E-state index contributed by atoms with van der Waals surface area (Å²) >= 11 is 0. The molecule has 0 bridgehead atoms. The molecule has 0 heterocycles. The SMILES string of the molecule is COC(=O)Cc1ccc(OCC2CCCCC2)c(CO)c1. The highest BCUT2D eigenvalue weighted by Gasteiger charge is 2.15. The van der Waals surface area contributed by atoms with E-state index in [4.69, 9.17) is 4.74 Å². The maximum atomic E-state index is 11.3. The van der Waals surface area contributed by atoms with Crippen molar-refractivity contribution in [2.45, 2.75) is 45.1 Å². The van der Waals surface area contributed by atoms with Gasteiger partial charge in [0.25, 0.3) is 0 Å². The van der Waals surface area contributed by atoms with E-state index in [2.05, 4.69) is 4.74 Å². The van der Waals surface area contributed by atoms with Crippen molar-refractivity contribution in [1.29, 1.82) is 0 Å². The van der Waals surface area contributed by atoms with Crippen LogP contribution in [0.5, 0.6) is 5.75 Å².